The minimum absolute atomic E-state index is 0.744. The Morgan fingerprint density at radius 1 is 1.07 bits per heavy atom. The van der Waals surface area contributed by atoms with Gasteiger partial charge in [0.15, 0.2) is 0 Å². The molecule has 0 aliphatic heterocycles. The topological polar surface area (TPSA) is 12.9 Å². The Kier molecular flexibility index (Phi) is 3.07. The first kappa shape index (κ1) is 9.56. The van der Waals surface area contributed by atoms with Crippen LogP contribution in [0.1, 0.15) is 0 Å². The Morgan fingerprint density at radius 2 is 1.86 bits per heavy atom. The number of halogens is 1. The van der Waals surface area contributed by atoms with E-state index in [9.17, 15) is 0 Å². The summed E-state index contributed by atoms with van der Waals surface area (Å²) in [6.45, 7) is 0. The second-order valence-electron chi connectivity index (χ2n) is 2.72. The van der Waals surface area contributed by atoms with Crippen LogP contribution in [0.25, 0.3) is 0 Å². The van der Waals surface area contributed by atoms with Gasteiger partial charge in [-0.2, -0.15) is 0 Å². The van der Waals surface area contributed by atoms with Crippen molar-refractivity contribution in [2.45, 2.75) is 9.79 Å². The van der Waals surface area contributed by atoms with E-state index in [2.05, 4.69) is 4.98 Å². The van der Waals surface area contributed by atoms with Gasteiger partial charge < -0.3 is 0 Å². The van der Waals surface area contributed by atoms with Crippen LogP contribution in [0.5, 0.6) is 0 Å². The molecule has 0 aliphatic carbocycles. The van der Waals surface area contributed by atoms with Crippen LogP contribution >= 0.6 is 23.4 Å². The molecule has 70 valence electrons. The summed E-state index contributed by atoms with van der Waals surface area (Å²) in [4.78, 5) is 6.19. The summed E-state index contributed by atoms with van der Waals surface area (Å²) in [6, 6.07) is 11.9. The fourth-order valence-corrected chi connectivity index (χ4v) is 2.10. The number of pyridine rings is 1. The summed E-state index contributed by atoms with van der Waals surface area (Å²) in [5.74, 6) is 0. The van der Waals surface area contributed by atoms with Crippen LogP contribution in [0, 0.1) is 0 Å². The van der Waals surface area contributed by atoms with Crippen molar-refractivity contribution in [2.24, 2.45) is 0 Å². The molecule has 1 aromatic heterocycles. The molecule has 0 amide bonds. The average Bonchev–Trinajstić information content (AvgIpc) is 2.23. The second-order valence-corrected chi connectivity index (χ2v) is 4.24. The number of hydrogen-bond acceptors (Lipinski definition) is 2. The highest BCUT2D eigenvalue weighted by Gasteiger charge is 2.00. The van der Waals surface area contributed by atoms with E-state index in [4.69, 9.17) is 11.6 Å². The molecule has 3 heteroatoms. The van der Waals surface area contributed by atoms with Crippen molar-refractivity contribution in [3.63, 3.8) is 0 Å². The first-order chi connectivity index (χ1) is 6.86. The monoisotopic (exact) mass is 221 g/mol. The largest absolute Gasteiger partial charge is 0.263 e. The van der Waals surface area contributed by atoms with Crippen molar-refractivity contribution in [1.82, 2.24) is 4.98 Å². The van der Waals surface area contributed by atoms with E-state index >= 15 is 0 Å². The molecule has 0 N–H and O–H groups in total. The minimum atomic E-state index is 0.744. The van der Waals surface area contributed by atoms with Gasteiger partial charge in [-0.05, 0) is 18.2 Å². The van der Waals surface area contributed by atoms with Crippen LogP contribution < -0.4 is 0 Å². The van der Waals surface area contributed by atoms with Gasteiger partial charge >= 0.3 is 0 Å². The maximum Gasteiger partial charge on any atom is 0.0576 e. The predicted molar refractivity (Wildman–Crippen MR) is 59.8 cm³/mol. The molecule has 1 nitrogen and oxygen atoms in total. The molecule has 0 unspecified atom stereocenters. The standard InChI is InChI=1S/C11H8ClNS/c12-10-6-7-13-8-11(10)14-9-4-2-1-3-5-9/h1-8H. The third-order valence-corrected chi connectivity index (χ3v) is 3.20. The van der Waals surface area contributed by atoms with Gasteiger partial charge in [-0.25, -0.2) is 0 Å². The third-order valence-electron chi connectivity index (χ3n) is 1.71. The average molecular weight is 222 g/mol. The number of aromatic nitrogens is 1. The molecular formula is C11H8ClNS. The van der Waals surface area contributed by atoms with Gasteiger partial charge in [0, 0.05) is 22.2 Å². The summed E-state index contributed by atoms with van der Waals surface area (Å²) in [6.07, 6.45) is 3.47. The zero-order valence-corrected chi connectivity index (χ0v) is 8.92. The first-order valence-electron chi connectivity index (χ1n) is 4.18. The lowest BCUT2D eigenvalue weighted by Gasteiger charge is -2.01. The molecule has 0 atom stereocenters. The van der Waals surface area contributed by atoms with E-state index < -0.39 is 0 Å². The minimum Gasteiger partial charge on any atom is -0.263 e. The first-order valence-corrected chi connectivity index (χ1v) is 5.38. The molecule has 14 heavy (non-hydrogen) atoms. The summed E-state index contributed by atoms with van der Waals surface area (Å²) in [5.41, 5.74) is 0. The Morgan fingerprint density at radius 3 is 2.57 bits per heavy atom. The number of nitrogens with zero attached hydrogens (tertiary/aromatic N) is 1. The molecule has 2 aromatic rings. The van der Waals surface area contributed by atoms with Gasteiger partial charge in [0.1, 0.15) is 0 Å². The van der Waals surface area contributed by atoms with E-state index in [0.29, 0.717) is 0 Å². The molecule has 0 saturated heterocycles. The van der Waals surface area contributed by atoms with Crippen molar-refractivity contribution < 1.29 is 0 Å². The van der Waals surface area contributed by atoms with Crippen LogP contribution in [0.3, 0.4) is 0 Å². The Balaban J connectivity index is 2.24. The fourth-order valence-electron chi connectivity index (χ4n) is 1.05. The Bertz CT molecular complexity index is 417. The zero-order chi connectivity index (χ0) is 9.80. The Labute approximate surface area is 92.1 Å². The third kappa shape index (κ3) is 2.28. The zero-order valence-electron chi connectivity index (χ0n) is 7.35. The lowest BCUT2D eigenvalue weighted by Crippen LogP contribution is -1.77. The molecule has 1 aromatic carbocycles. The maximum atomic E-state index is 6.01. The quantitative estimate of drug-likeness (QED) is 0.763. The SMILES string of the molecule is Clc1ccncc1Sc1ccccc1. The summed E-state index contributed by atoms with van der Waals surface area (Å²) < 4.78 is 0. The highest BCUT2D eigenvalue weighted by molar-refractivity contribution is 7.99. The Hall–Kier alpha value is -0.990. The van der Waals surface area contributed by atoms with Gasteiger partial charge in [0.2, 0.25) is 0 Å². The smallest absolute Gasteiger partial charge is 0.0576 e. The van der Waals surface area contributed by atoms with E-state index in [1.807, 2.05) is 30.3 Å². The van der Waals surface area contributed by atoms with E-state index in [1.54, 1.807) is 30.2 Å². The molecule has 0 aliphatic rings. The molecule has 0 spiro atoms. The van der Waals surface area contributed by atoms with E-state index in [0.717, 1.165) is 9.92 Å². The van der Waals surface area contributed by atoms with Crippen LogP contribution in [-0.2, 0) is 0 Å². The highest BCUT2D eigenvalue weighted by Crippen LogP contribution is 2.31. The summed E-state index contributed by atoms with van der Waals surface area (Å²) >= 11 is 7.63. The van der Waals surface area contributed by atoms with Crippen molar-refractivity contribution >= 4 is 23.4 Å². The van der Waals surface area contributed by atoms with Crippen molar-refractivity contribution in [3.8, 4) is 0 Å². The molecule has 0 fully saturated rings. The van der Waals surface area contributed by atoms with Crippen LogP contribution in [0.4, 0.5) is 0 Å². The van der Waals surface area contributed by atoms with E-state index in [1.165, 1.54) is 4.90 Å². The molecule has 0 radical (unpaired) electrons. The molecule has 0 bridgehead atoms. The maximum absolute atomic E-state index is 6.01. The molecular weight excluding hydrogens is 214 g/mol. The molecule has 1 heterocycles. The number of benzene rings is 1. The molecule has 0 saturated carbocycles. The van der Waals surface area contributed by atoms with Gasteiger partial charge in [-0.1, -0.05) is 41.6 Å². The lowest BCUT2D eigenvalue weighted by molar-refractivity contribution is 1.23. The van der Waals surface area contributed by atoms with Crippen molar-refractivity contribution in [1.29, 1.82) is 0 Å². The van der Waals surface area contributed by atoms with Gasteiger partial charge in [-0.15, -0.1) is 0 Å². The lowest BCUT2D eigenvalue weighted by atomic mass is 10.4. The second kappa shape index (κ2) is 4.49. The normalized spacial score (nSPS) is 10.1. The van der Waals surface area contributed by atoms with E-state index in [-0.39, 0.29) is 0 Å². The molecule has 2 rings (SSSR count). The van der Waals surface area contributed by atoms with Crippen molar-refractivity contribution in [2.75, 3.05) is 0 Å². The van der Waals surface area contributed by atoms with Gasteiger partial charge in [-0.3, -0.25) is 4.98 Å². The van der Waals surface area contributed by atoms with Gasteiger partial charge in [0.25, 0.3) is 0 Å². The number of hydrogen-bond donors (Lipinski definition) is 0. The predicted octanol–water partition coefficient (Wildman–Crippen LogP) is 3.89. The van der Waals surface area contributed by atoms with Crippen LogP contribution in [0.2, 0.25) is 5.02 Å². The van der Waals surface area contributed by atoms with Crippen molar-refractivity contribution in [3.05, 3.63) is 53.8 Å². The van der Waals surface area contributed by atoms with Crippen LogP contribution in [-0.4, -0.2) is 4.98 Å². The van der Waals surface area contributed by atoms with Crippen LogP contribution in [0.15, 0.2) is 58.6 Å². The fraction of sp³-hybridized carbons (Fsp3) is 0. The van der Waals surface area contributed by atoms with Gasteiger partial charge in [0.05, 0.1) is 5.02 Å². The summed E-state index contributed by atoms with van der Waals surface area (Å²) in [7, 11) is 0. The number of rotatable bonds is 2. The summed E-state index contributed by atoms with van der Waals surface area (Å²) in [5, 5.41) is 0.744. The highest BCUT2D eigenvalue weighted by atomic mass is 35.5.